The number of nitrogens with one attached hydrogen (secondary N) is 1. The fourth-order valence-corrected chi connectivity index (χ4v) is 2.19. The van der Waals surface area contributed by atoms with Gasteiger partial charge in [0.25, 0.3) is 0 Å². The molecular weight excluding hydrogens is 293 g/mol. The lowest BCUT2D eigenvalue weighted by Gasteiger charge is -2.09. The van der Waals surface area contributed by atoms with Crippen LogP contribution in [0.3, 0.4) is 0 Å². The minimum Gasteiger partial charge on any atom is -0.392 e. The molecule has 2 N–H and O–H groups in total. The first-order chi connectivity index (χ1) is 10.2. The van der Waals surface area contributed by atoms with Crippen LogP contribution in [0.15, 0.2) is 42.7 Å². The van der Waals surface area contributed by atoms with Gasteiger partial charge in [-0.1, -0.05) is 17.7 Å². The van der Waals surface area contributed by atoms with E-state index in [4.69, 9.17) is 16.7 Å². The Morgan fingerprint density at radius 1 is 1.14 bits per heavy atom. The SMILES string of the molecule is OCc1ccc2c(Nc3ccc(F)c(Cl)c3)ncnc2c1. The molecule has 0 spiro atoms. The van der Waals surface area contributed by atoms with Crippen molar-refractivity contribution in [2.45, 2.75) is 6.61 Å². The Labute approximate surface area is 125 Å². The monoisotopic (exact) mass is 303 g/mol. The van der Waals surface area contributed by atoms with Crippen LogP contribution in [-0.4, -0.2) is 15.1 Å². The van der Waals surface area contributed by atoms with Crippen molar-refractivity contribution >= 4 is 34.0 Å². The number of nitrogens with zero attached hydrogens (tertiary/aromatic N) is 2. The van der Waals surface area contributed by atoms with E-state index >= 15 is 0 Å². The molecule has 0 saturated heterocycles. The standard InChI is InChI=1S/C15H11ClFN3O/c16-12-6-10(2-4-13(12)17)20-15-11-3-1-9(7-21)5-14(11)18-8-19-15/h1-6,8,21H,7H2,(H,18,19,20). The molecule has 0 aliphatic rings. The Hall–Kier alpha value is -2.24. The van der Waals surface area contributed by atoms with Crippen LogP contribution in [0.2, 0.25) is 5.02 Å². The van der Waals surface area contributed by atoms with E-state index in [1.54, 1.807) is 18.2 Å². The van der Waals surface area contributed by atoms with E-state index in [0.29, 0.717) is 17.0 Å². The molecule has 0 fully saturated rings. The number of aromatic nitrogens is 2. The Balaban J connectivity index is 2.02. The molecule has 0 bridgehead atoms. The van der Waals surface area contributed by atoms with E-state index in [9.17, 15) is 4.39 Å². The van der Waals surface area contributed by atoms with E-state index in [-0.39, 0.29) is 11.6 Å². The van der Waals surface area contributed by atoms with Gasteiger partial charge in [0.05, 0.1) is 17.1 Å². The van der Waals surface area contributed by atoms with E-state index in [2.05, 4.69) is 15.3 Å². The van der Waals surface area contributed by atoms with Gasteiger partial charge in [0.2, 0.25) is 0 Å². The molecule has 3 aromatic rings. The van der Waals surface area contributed by atoms with E-state index in [0.717, 1.165) is 10.9 Å². The molecule has 0 radical (unpaired) electrons. The number of benzene rings is 2. The summed E-state index contributed by atoms with van der Waals surface area (Å²) in [6, 6.07) is 9.78. The number of fused-ring (bicyclic) bond motifs is 1. The van der Waals surface area contributed by atoms with Gasteiger partial charge >= 0.3 is 0 Å². The molecule has 0 aliphatic carbocycles. The maximum absolute atomic E-state index is 13.2. The highest BCUT2D eigenvalue weighted by Gasteiger charge is 2.06. The molecule has 3 rings (SSSR count). The van der Waals surface area contributed by atoms with Crippen molar-refractivity contribution in [1.82, 2.24) is 9.97 Å². The van der Waals surface area contributed by atoms with Crippen molar-refractivity contribution in [3.05, 3.63) is 59.1 Å². The molecule has 0 aliphatic heterocycles. The summed E-state index contributed by atoms with van der Waals surface area (Å²) in [4.78, 5) is 8.36. The lowest BCUT2D eigenvalue weighted by molar-refractivity contribution is 0.282. The predicted molar refractivity (Wildman–Crippen MR) is 80.2 cm³/mol. The van der Waals surface area contributed by atoms with Gasteiger partial charge in [-0.05, 0) is 35.9 Å². The molecule has 1 heterocycles. The predicted octanol–water partition coefficient (Wildman–Crippen LogP) is 3.66. The number of aliphatic hydroxyl groups is 1. The maximum Gasteiger partial charge on any atom is 0.141 e. The summed E-state index contributed by atoms with van der Waals surface area (Å²) in [5.74, 6) is 0.120. The molecule has 0 saturated carbocycles. The fourth-order valence-electron chi connectivity index (χ4n) is 2.01. The number of halogens is 2. The zero-order valence-electron chi connectivity index (χ0n) is 10.8. The van der Waals surface area contributed by atoms with Gasteiger partial charge < -0.3 is 10.4 Å². The van der Waals surface area contributed by atoms with Gasteiger partial charge in [-0.25, -0.2) is 14.4 Å². The second-order valence-corrected chi connectivity index (χ2v) is 4.89. The number of aliphatic hydroxyl groups excluding tert-OH is 1. The quantitative estimate of drug-likeness (QED) is 0.775. The molecular formula is C15H11ClFN3O. The third-order valence-electron chi connectivity index (χ3n) is 3.07. The van der Waals surface area contributed by atoms with Gasteiger partial charge in [0.15, 0.2) is 0 Å². The van der Waals surface area contributed by atoms with Crippen molar-refractivity contribution in [3.63, 3.8) is 0 Å². The summed E-state index contributed by atoms with van der Waals surface area (Å²) in [6.07, 6.45) is 1.43. The smallest absolute Gasteiger partial charge is 0.141 e. The van der Waals surface area contributed by atoms with Crippen LogP contribution in [0.4, 0.5) is 15.9 Å². The van der Waals surface area contributed by atoms with Crippen LogP contribution in [0.5, 0.6) is 0 Å². The maximum atomic E-state index is 13.2. The Morgan fingerprint density at radius 2 is 2.00 bits per heavy atom. The molecule has 0 atom stereocenters. The topological polar surface area (TPSA) is 58.0 Å². The summed E-state index contributed by atoms with van der Waals surface area (Å²) in [6.45, 7) is -0.0454. The summed E-state index contributed by atoms with van der Waals surface area (Å²) in [5.41, 5.74) is 2.12. The number of anilines is 2. The van der Waals surface area contributed by atoms with Crippen LogP contribution < -0.4 is 5.32 Å². The van der Waals surface area contributed by atoms with Crippen molar-refractivity contribution in [3.8, 4) is 0 Å². The number of rotatable bonds is 3. The molecule has 21 heavy (non-hydrogen) atoms. The van der Waals surface area contributed by atoms with E-state index in [1.165, 1.54) is 18.5 Å². The molecule has 6 heteroatoms. The van der Waals surface area contributed by atoms with E-state index < -0.39 is 5.82 Å². The normalized spacial score (nSPS) is 10.8. The molecule has 0 unspecified atom stereocenters. The molecule has 106 valence electrons. The summed E-state index contributed by atoms with van der Waals surface area (Å²) in [5, 5.41) is 13.1. The third kappa shape index (κ3) is 2.79. The molecule has 0 amide bonds. The first-order valence-corrected chi connectivity index (χ1v) is 6.62. The summed E-state index contributed by atoms with van der Waals surface area (Å²) in [7, 11) is 0. The van der Waals surface area contributed by atoms with Crippen molar-refractivity contribution in [2.24, 2.45) is 0 Å². The van der Waals surface area contributed by atoms with Crippen molar-refractivity contribution < 1.29 is 9.50 Å². The lowest BCUT2D eigenvalue weighted by atomic mass is 10.1. The second kappa shape index (κ2) is 5.63. The summed E-state index contributed by atoms with van der Waals surface area (Å²) >= 11 is 5.76. The number of hydrogen-bond acceptors (Lipinski definition) is 4. The van der Waals surface area contributed by atoms with E-state index in [1.807, 2.05) is 6.07 Å². The van der Waals surface area contributed by atoms with Crippen molar-refractivity contribution in [1.29, 1.82) is 0 Å². The molecule has 1 aromatic heterocycles. The lowest BCUT2D eigenvalue weighted by Crippen LogP contribution is -1.97. The van der Waals surface area contributed by atoms with Crippen LogP contribution in [0.1, 0.15) is 5.56 Å². The first-order valence-electron chi connectivity index (χ1n) is 6.24. The zero-order chi connectivity index (χ0) is 14.8. The average Bonchev–Trinajstić information content (AvgIpc) is 2.50. The van der Waals surface area contributed by atoms with Gasteiger partial charge in [-0.3, -0.25) is 0 Å². The Morgan fingerprint density at radius 3 is 2.76 bits per heavy atom. The van der Waals surface area contributed by atoms with Gasteiger partial charge in [0.1, 0.15) is 18.0 Å². The highest BCUT2D eigenvalue weighted by Crippen LogP contribution is 2.26. The van der Waals surface area contributed by atoms with Gasteiger partial charge in [-0.2, -0.15) is 0 Å². The zero-order valence-corrected chi connectivity index (χ0v) is 11.6. The highest BCUT2D eigenvalue weighted by atomic mass is 35.5. The van der Waals surface area contributed by atoms with Crippen LogP contribution in [-0.2, 0) is 6.61 Å². The minimum absolute atomic E-state index is 0.0425. The van der Waals surface area contributed by atoms with Gasteiger partial charge in [0, 0.05) is 11.1 Å². The van der Waals surface area contributed by atoms with Crippen LogP contribution >= 0.6 is 11.6 Å². The van der Waals surface area contributed by atoms with Gasteiger partial charge in [-0.15, -0.1) is 0 Å². The molecule has 4 nitrogen and oxygen atoms in total. The van der Waals surface area contributed by atoms with Crippen LogP contribution in [0.25, 0.3) is 10.9 Å². The summed E-state index contributed by atoms with van der Waals surface area (Å²) < 4.78 is 13.2. The molecule has 2 aromatic carbocycles. The third-order valence-corrected chi connectivity index (χ3v) is 3.36. The average molecular weight is 304 g/mol. The van der Waals surface area contributed by atoms with Crippen molar-refractivity contribution in [2.75, 3.05) is 5.32 Å². The second-order valence-electron chi connectivity index (χ2n) is 4.49. The Kier molecular flexibility index (Phi) is 3.68. The van der Waals surface area contributed by atoms with Crippen LogP contribution in [0, 0.1) is 5.82 Å². The minimum atomic E-state index is -0.470. The highest BCUT2D eigenvalue weighted by molar-refractivity contribution is 6.31. The number of hydrogen-bond donors (Lipinski definition) is 2. The Bertz CT molecular complexity index is 810. The fraction of sp³-hybridized carbons (Fsp3) is 0.0667. The largest absolute Gasteiger partial charge is 0.392 e. The first kappa shape index (κ1) is 13.7.